The molecule has 4 N–H and O–H groups in total. The summed E-state index contributed by atoms with van der Waals surface area (Å²) in [5.74, 6) is -10.5. The zero-order valence-corrected chi connectivity index (χ0v) is 41.1. The van der Waals surface area contributed by atoms with Crippen molar-refractivity contribution in [3.05, 3.63) is 93.0 Å². The third-order valence-electron chi connectivity index (χ3n) is 12.0. The van der Waals surface area contributed by atoms with E-state index in [9.17, 15) is 81.4 Å². The molecule has 2 aliphatic rings. The van der Waals surface area contributed by atoms with E-state index < -0.39 is 184 Å². The number of amides is 3. The molecule has 75 heavy (non-hydrogen) atoms. The van der Waals surface area contributed by atoms with Gasteiger partial charge in [-0.1, -0.05) is 23.6 Å². The first-order chi connectivity index (χ1) is 34.4. The molecular formula is C44H37ClF10N8O10S2. The molecular weight excluding hydrogens is 1090 g/mol. The van der Waals surface area contributed by atoms with E-state index in [-0.39, 0.29) is 31.3 Å². The van der Waals surface area contributed by atoms with Crippen LogP contribution in [0.4, 0.5) is 54.5 Å². The highest BCUT2D eigenvalue weighted by atomic mass is 35.5. The summed E-state index contributed by atoms with van der Waals surface area (Å²) in [6, 6.07) is -0.149. The fourth-order valence-electron chi connectivity index (χ4n) is 8.39. The predicted octanol–water partition coefficient (Wildman–Crippen LogP) is 6.69. The van der Waals surface area contributed by atoms with Gasteiger partial charge in [0, 0.05) is 34.9 Å². The van der Waals surface area contributed by atoms with Crippen molar-refractivity contribution in [2.24, 2.45) is 5.92 Å². The van der Waals surface area contributed by atoms with Gasteiger partial charge in [0.15, 0.2) is 21.3 Å². The topological polar surface area (TPSA) is 253 Å². The Morgan fingerprint density at radius 3 is 2.11 bits per heavy atom. The largest absolute Gasteiger partial charge is 0.481 e. The van der Waals surface area contributed by atoms with Gasteiger partial charge in [-0.3, -0.25) is 19.0 Å². The molecule has 7 rings (SSSR count). The average molecular weight is 1130 g/mol. The van der Waals surface area contributed by atoms with E-state index in [1.54, 1.807) is 5.32 Å². The predicted molar refractivity (Wildman–Crippen MR) is 242 cm³/mol. The van der Waals surface area contributed by atoms with Crippen LogP contribution in [0.2, 0.25) is 5.02 Å². The number of rotatable bonds is 15. The molecule has 4 atom stereocenters. The van der Waals surface area contributed by atoms with Crippen LogP contribution >= 0.6 is 11.6 Å². The molecule has 5 aromatic rings. The number of nitrogens with zero attached hydrogens (tertiary/aromatic N) is 6. The highest BCUT2D eigenvalue weighted by Crippen LogP contribution is 2.68. The summed E-state index contributed by atoms with van der Waals surface area (Å²) < 4.78 is 197. The Hall–Kier alpha value is -7.00. The molecule has 3 heterocycles. The van der Waals surface area contributed by atoms with Gasteiger partial charge in [0.1, 0.15) is 46.9 Å². The number of fused-ring (bicyclic) bond motifs is 4. The number of anilines is 1. The Kier molecular flexibility index (Phi) is 14.3. The zero-order valence-electron chi connectivity index (χ0n) is 38.7. The lowest BCUT2D eigenvalue weighted by atomic mass is 9.93. The van der Waals surface area contributed by atoms with E-state index in [1.807, 2.05) is 0 Å². The number of alkyl halides is 8. The molecule has 31 heteroatoms. The SMILES string of the molecule is CC(C)(C#Cc1ccc(-c2ccc(Cl)c3c(N(C(=O)N[C@H](CC(=O)O)C(=O)O)S(C)(=O)=O)nn(CC(F)(F)F)c23)c([C@H](Cc2cc(F)cc(F)c2)NC(=O)Cn2nc(C(F)(F)F)c3c2C(F)(F)[C@@H]2CC32)n1)S(C)(=O)=O. The number of aliphatic carboxylic acids is 2. The van der Waals surface area contributed by atoms with Crippen molar-refractivity contribution in [1.82, 2.24) is 35.2 Å². The average Bonchev–Trinajstić information content (AvgIpc) is 3.76. The highest BCUT2D eigenvalue weighted by Gasteiger charge is 2.68. The number of sulfone groups is 1. The summed E-state index contributed by atoms with van der Waals surface area (Å²) in [5.41, 5.74) is -6.67. The maximum Gasteiger partial charge on any atom is 0.435 e. The van der Waals surface area contributed by atoms with Gasteiger partial charge < -0.3 is 20.8 Å². The van der Waals surface area contributed by atoms with Crippen LogP contribution in [-0.4, -0.2) is 105 Å². The highest BCUT2D eigenvalue weighted by molar-refractivity contribution is 7.93. The van der Waals surface area contributed by atoms with E-state index >= 15 is 8.78 Å². The van der Waals surface area contributed by atoms with Crippen molar-refractivity contribution in [3.63, 3.8) is 0 Å². The molecule has 2 aromatic carbocycles. The molecule has 18 nitrogen and oxygen atoms in total. The number of carbonyl (C=O) groups excluding carboxylic acids is 2. The number of carboxylic acid groups (broad SMARTS) is 2. The molecule has 0 saturated heterocycles. The summed E-state index contributed by atoms with van der Waals surface area (Å²) in [4.78, 5) is 55.6. The van der Waals surface area contributed by atoms with E-state index in [1.165, 1.54) is 13.8 Å². The van der Waals surface area contributed by atoms with Crippen LogP contribution in [-0.2, 0) is 65.9 Å². The monoisotopic (exact) mass is 1130 g/mol. The smallest absolute Gasteiger partial charge is 0.435 e. The third kappa shape index (κ3) is 11.5. The second kappa shape index (κ2) is 19.3. The Balaban J connectivity index is 1.49. The molecule has 402 valence electrons. The Labute approximate surface area is 422 Å². The van der Waals surface area contributed by atoms with Gasteiger partial charge in [0.05, 0.1) is 40.3 Å². The number of sulfonamides is 1. The minimum absolute atomic E-state index is 0.103. The van der Waals surface area contributed by atoms with Crippen molar-refractivity contribution in [2.45, 2.75) is 87.2 Å². The molecule has 0 radical (unpaired) electrons. The van der Waals surface area contributed by atoms with Crippen LogP contribution < -0.4 is 14.9 Å². The molecule has 3 aromatic heterocycles. The van der Waals surface area contributed by atoms with Gasteiger partial charge >= 0.3 is 30.3 Å². The first kappa shape index (κ1) is 55.7. The van der Waals surface area contributed by atoms with E-state index in [4.69, 9.17) is 11.6 Å². The maximum absolute atomic E-state index is 15.6. The summed E-state index contributed by atoms with van der Waals surface area (Å²) in [6.45, 7) is -1.09. The molecule has 0 spiro atoms. The number of hydrogen-bond acceptors (Lipinski definition) is 11. The van der Waals surface area contributed by atoms with Gasteiger partial charge in [-0.05, 0) is 74.4 Å². The molecule has 1 fully saturated rings. The van der Waals surface area contributed by atoms with Crippen LogP contribution in [0.25, 0.3) is 22.0 Å². The van der Waals surface area contributed by atoms with Crippen molar-refractivity contribution in [2.75, 3.05) is 16.8 Å². The van der Waals surface area contributed by atoms with Crippen LogP contribution in [0, 0.1) is 29.4 Å². The lowest BCUT2D eigenvalue weighted by Gasteiger charge is -2.23. The lowest BCUT2D eigenvalue weighted by molar-refractivity contribution is -0.145. The lowest BCUT2D eigenvalue weighted by Crippen LogP contribution is -2.50. The first-order valence-corrected chi connectivity index (χ1v) is 25.6. The van der Waals surface area contributed by atoms with Crippen molar-refractivity contribution in [3.8, 4) is 23.0 Å². The second-order valence-electron chi connectivity index (χ2n) is 18.0. The molecule has 3 amide bonds. The van der Waals surface area contributed by atoms with Gasteiger partial charge in [-0.25, -0.2) is 40.2 Å². The summed E-state index contributed by atoms with van der Waals surface area (Å²) in [7, 11) is -9.08. The van der Waals surface area contributed by atoms with Crippen molar-refractivity contribution in [1.29, 1.82) is 0 Å². The Morgan fingerprint density at radius 1 is 0.920 bits per heavy atom. The van der Waals surface area contributed by atoms with Crippen molar-refractivity contribution < 1.29 is 90.1 Å². The molecule has 0 aliphatic heterocycles. The van der Waals surface area contributed by atoms with Crippen LogP contribution in [0.15, 0.2) is 42.5 Å². The number of carboxylic acids is 2. The Morgan fingerprint density at radius 2 is 1.55 bits per heavy atom. The van der Waals surface area contributed by atoms with Gasteiger partial charge in [-0.2, -0.15) is 49.6 Å². The normalized spacial score (nSPS) is 17.1. The number of benzene rings is 2. The number of carbonyl (C=O) groups is 4. The quantitative estimate of drug-likeness (QED) is 0.0630. The van der Waals surface area contributed by atoms with Crippen LogP contribution in [0.5, 0.6) is 0 Å². The standard InChI is InChI=1S/C44H37ClF10N8O10S2/c1-41(2,74(3,70)71)10-9-22-5-6-23(24-7-8-27(45)33-35(24)62(18-42(48,49)50)60-38(33)63(75(4,72)73)40(69)58-29(39(67)68)16-31(65)66)34(56-22)28(13-19-11-20(46)14-21(47)12-19)57-30(64)17-61-37-32(36(59-61)44(53,54)55)25-15-26(25)43(37,51)52/h5-8,11-12,14,25-26,28-29H,13,15-18H2,1-4H3,(H,57,64)(H,58,69)(H,65,66)(H,67,68)/t25?,26-,28+,29-/m1/s1. The number of aromatic nitrogens is 5. The van der Waals surface area contributed by atoms with Gasteiger partial charge in [0.2, 0.25) is 15.9 Å². The van der Waals surface area contributed by atoms with Crippen LogP contribution in [0.1, 0.15) is 72.6 Å². The number of nitrogens with one attached hydrogen (secondary N) is 2. The summed E-state index contributed by atoms with van der Waals surface area (Å²) >= 11 is 6.56. The van der Waals surface area contributed by atoms with E-state index in [0.717, 1.165) is 42.7 Å². The minimum Gasteiger partial charge on any atom is -0.481 e. The number of urea groups is 1. The minimum atomic E-state index is -5.26. The summed E-state index contributed by atoms with van der Waals surface area (Å²) in [6.07, 6.45) is -11.8. The second-order valence-corrected chi connectivity index (χ2v) is 22.8. The van der Waals surface area contributed by atoms with E-state index in [0.29, 0.717) is 12.3 Å². The van der Waals surface area contributed by atoms with Gasteiger partial charge in [0.25, 0.3) is 5.92 Å². The molecule has 2 aliphatic carbocycles. The fraction of sp³-hybridized carbons (Fsp3) is 0.386. The number of hydrogen-bond donors (Lipinski definition) is 4. The van der Waals surface area contributed by atoms with E-state index in [2.05, 4.69) is 32.3 Å². The first-order valence-electron chi connectivity index (χ1n) is 21.4. The molecule has 1 unspecified atom stereocenters. The third-order valence-corrected chi connectivity index (χ3v) is 15.3. The Bertz CT molecular complexity index is 3500. The molecule has 1 saturated carbocycles. The maximum atomic E-state index is 15.6. The van der Waals surface area contributed by atoms with Crippen LogP contribution in [0.3, 0.4) is 0 Å². The fourth-order valence-corrected chi connectivity index (χ4v) is 9.66. The van der Waals surface area contributed by atoms with Crippen molar-refractivity contribution >= 4 is 72.1 Å². The zero-order chi connectivity index (χ0) is 55.9. The number of pyridine rings is 1. The molecule has 0 bridgehead atoms. The number of halogens is 11. The van der Waals surface area contributed by atoms with Gasteiger partial charge in [-0.15, -0.1) is 0 Å². The summed E-state index contributed by atoms with van der Waals surface area (Å²) in [5, 5.41) is 28.5.